The lowest BCUT2D eigenvalue weighted by molar-refractivity contribution is 0.411. The molecule has 0 amide bonds. The van der Waals surface area contributed by atoms with Crippen LogP contribution < -0.4 is 10.5 Å². The molecule has 17 heavy (non-hydrogen) atoms. The van der Waals surface area contributed by atoms with Crippen LogP contribution in [0.3, 0.4) is 0 Å². The van der Waals surface area contributed by atoms with E-state index in [2.05, 4.69) is 10.3 Å². The first kappa shape index (κ1) is 10.1. The van der Waals surface area contributed by atoms with Gasteiger partial charge in [-0.25, -0.2) is 4.68 Å². The van der Waals surface area contributed by atoms with Gasteiger partial charge in [0.25, 0.3) is 0 Å². The molecule has 1 saturated carbocycles. The molecule has 0 spiro atoms. The van der Waals surface area contributed by atoms with Gasteiger partial charge in [-0.05, 0) is 25.0 Å². The molecule has 5 nitrogen and oxygen atoms in total. The fraction of sp³-hybridized carbons (Fsp3) is 0.333. The van der Waals surface area contributed by atoms with E-state index in [0.29, 0.717) is 11.7 Å². The molecule has 1 heterocycles. The zero-order valence-corrected chi connectivity index (χ0v) is 9.63. The van der Waals surface area contributed by atoms with E-state index in [9.17, 15) is 0 Å². The van der Waals surface area contributed by atoms with Crippen molar-refractivity contribution in [1.82, 2.24) is 15.0 Å². The Morgan fingerprint density at radius 1 is 1.35 bits per heavy atom. The van der Waals surface area contributed by atoms with Gasteiger partial charge in [0.2, 0.25) is 0 Å². The molecule has 88 valence electrons. The number of rotatable bonds is 3. The third-order valence-electron chi connectivity index (χ3n) is 3.01. The van der Waals surface area contributed by atoms with Gasteiger partial charge in [0, 0.05) is 5.92 Å². The van der Waals surface area contributed by atoms with Crippen LogP contribution in [0.5, 0.6) is 5.75 Å². The summed E-state index contributed by atoms with van der Waals surface area (Å²) in [6.45, 7) is 0. The van der Waals surface area contributed by atoms with E-state index in [0.717, 1.165) is 30.0 Å². The fourth-order valence-electron chi connectivity index (χ4n) is 2.02. The maximum absolute atomic E-state index is 5.88. The van der Waals surface area contributed by atoms with E-state index in [1.54, 1.807) is 11.8 Å². The molecule has 0 saturated heterocycles. The number of nitrogens with zero attached hydrogens (tertiary/aromatic N) is 3. The van der Waals surface area contributed by atoms with Crippen LogP contribution >= 0.6 is 0 Å². The van der Waals surface area contributed by atoms with Crippen molar-refractivity contribution in [1.29, 1.82) is 0 Å². The van der Waals surface area contributed by atoms with E-state index in [1.807, 2.05) is 24.3 Å². The summed E-state index contributed by atoms with van der Waals surface area (Å²) < 4.78 is 7.13. The molecular weight excluding hydrogens is 216 g/mol. The predicted octanol–water partition coefficient (Wildman–Crippen LogP) is 1.74. The monoisotopic (exact) mass is 230 g/mol. The van der Waals surface area contributed by atoms with Gasteiger partial charge in [0.1, 0.15) is 11.4 Å². The number of ether oxygens (including phenoxy) is 1. The van der Waals surface area contributed by atoms with Gasteiger partial charge in [-0.15, -0.1) is 5.10 Å². The van der Waals surface area contributed by atoms with Gasteiger partial charge in [0.05, 0.1) is 12.8 Å². The van der Waals surface area contributed by atoms with Crippen LogP contribution in [-0.4, -0.2) is 22.1 Å². The Hall–Kier alpha value is -2.04. The zero-order valence-electron chi connectivity index (χ0n) is 9.63. The number of benzene rings is 1. The molecule has 5 heteroatoms. The summed E-state index contributed by atoms with van der Waals surface area (Å²) in [5.41, 5.74) is 7.77. The van der Waals surface area contributed by atoms with Crippen molar-refractivity contribution >= 4 is 5.82 Å². The number of hydrogen-bond acceptors (Lipinski definition) is 4. The van der Waals surface area contributed by atoms with Gasteiger partial charge in [-0.2, -0.15) is 0 Å². The summed E-state index contributed by atoms with van der Waals surface area (Å²) in [5.74, 6) is 1.80. The first-order valence-electron chi connectivity index (χ1n) is 5.65. The molecule has 2 aromatic rings. The van der Waals surface area contributed by atoms with Crippen molar-refractivity contribution in [3.05, 3.63) is 30.0 Å². The summed E-state index contributed by atoms with van der Waals surface area (Å²) in [5, 5.41) is 8.08. The van der Waals surface area contributed by atoms with E-state index < -0.39 is 0 Å². The SMILES string of the molecule is COc1ccccc1-n1nnc(N)c1C1CC1. The van der Waals surface area contributed by atoms with Crippen molar-refractivity contribution < 1.29 is 4.74 Å². The summed E-state index contributed by atoms with van der Waals surface area (Å²) >= 11 is 0. The molecule has 1 aliphatic rings. The van der Waals surface area contributed by atoms with Crippen LogP contribution in [0.1, 0.15) is 24.5 Å². The second-order valence-corrected chi connectivity index (χ2v) is 4.22. The smallest absolute Gasteiger partial charge is 0.169 e. The molecule has 3 rings (SSSR count). The van der Waals surface area contributed by atoms with E-state index in [-0.39, 0.29) is 0 Å². The van der Waals surface area contributed by atoms with Gasteiger partial charge in [0.15, 0.2) is 5.82 Å². The van der Waals surface area contributed by atoms with Crippen molar-refractivity contribution in [2.24, 2.45) is 0 Å². The van der Waals surface area contributed by atoms with Crippen molar-refractivity contribution in [3.63, 3.8) is 0 Å². The van der Waals surface area contributed by atoms with Crippen LogP contribution in [0.2, 0.25) is 0 Å². The number of methoxy groups -OCH3 is 1. The van der Waals surface area contributed by atoms with E-state index in [1.165, 1.54) is 0 Å². The average Bonchev–Trinajstić information content (AvgIpc) is 3.12. The highest BCUT2D eigenvalue weighted by molar-refractivity contribution is 5.51. The zero-order chi connectivity index (χ0) is 11.8. The highest BCUT2D eigenvalue weighted by atomic mass is 16.5. The lowest BCUT2D eigenvalue weighted by Gasteiger charge is -2.10. The second kappa shape index (κ2) is 3.76. The van der Waals surface area contributed by atoms with E-state index in [4.69, 9.17) is 10.5 Å². The minimum Gasteiger partial charge on any atom is -0.494 e. The van der Waals surface area contributed by atoms with Gasteiger partial charge in [-0.1, -0.05) is 17.3 Å². The number of aromatic nitrogens is 3. The van der Waals surface area contributed by atoms with Gasteiger partial charge in [-0.3, -0.25) is 0 Å². The summed E-state index contributed by atoms with van der Waals surface area (Å²) in [7, 11) is 1.65. The van der Waals surface area contributed by atoms with E-state index >= 15 is 0 Å². The largest absolute Gasteiger partial charge is 0.494 e. The second-order valence-electron chi connectivity index (χ2n) is 4.22. The molecule has 0 aliphatic heterocycles. The Balaban J connectivity index is 2.14. The van der Waals surface area contributed by atoms with Crippen molar-refractivity contribution in [2.75, 3.05) is 12.8 Å². The normalized spacial score (nSPS) is 14.9. The molecule has 1 fully saturated rings. The van der Waals surface area contributed by atoms with Gasteiger partial charge >= 0.3 is 0 Å². The Morgan fingerprint density at radius 3 is 2.82 bits per heavy atom. The first-order chi connectivity index (χ1) is 8.31. The number of nitrogens with two attached hydrogens (primary N) is 1. The van der Waals surface area contributed by atoms with Crippen molar-refractivity contribution in [3.8, 4) is 11.4 Å². The molecule has 1 aromatic heterocycles. The molecule has 1 aromatic carbocycles. The quantitative estimate of drug-likeness (QED) is 0.872. The highest BCUT2D eigenvalue weighted by Gasteiger charge is 2.31. The minimum atomic E-state index is 0.495. The molecular formula is C12H14N4O. The molecule has 2 N–H and O–H groups in total. The maximum atomic E-state index is 5.88. The molecule has 1 aliphatic carbocycles. The first-order valence-corrected chi connectivity index (χ1v) is 5.65. The summed E-state index contributed by atoms with van der Waals surface area (Å²) in [6.07, 6.45) is 2.32. The number of hydrogen-bond donors (Lipinski definition) is 1. The van der Waals surface area contributed by atoms with Gasteiger partial charge < -0.3 is 10.5 Å². The van der Waals surface area contributed by atoms with Crippen LogP contribution in [0, 0.1) is 0 Å². The molecule has 0 bridgehead atoms. The van der Waals surface area contributed by atoms with Crippen LogP contribution in [0.15, 0.2) is 24.3 Å². The number of para-hydroxylation sites is 2. The van der Waals surface area contributed by atoms with Crippen LogP contribution in [0.4, 0.5) is 5.82 Å². The lowest BCUT2D eigenvalue weighted by Crippen LogP contribution is -2.04. The highest BCUT2D eigenvalue weighted by Crippen LogP contribution is 2.43. The Morgan fingerprint density at radius 2 is 2.12 bits per heavy atom. The minimum absolute atomic E-state index is 0.495. The maximum Gasteiger partial charge on any atom is 0.169 e. The lowest BCUT2D eigenvalue weighted by atomic mass is 10.2. The Kier molecular flexibility index (Phi) is 2.24. The topological polar surface area (TPSA) is 66.0 Å². The molecule has 0 unspecified atom stereocenters. The standard InChI is InChI=1S/C12H14N4O/c1-17-10-5-3-2-4-9(10)16-11(8-6-7-8)12(13)14-15-16/h2-5,8H,6-7,13H2,1H3. The van der Waals surface area contributed by atoms with Crippen LogP contribution in [-0.2, 0) is 0 Å². The fourth-order valence-corrected chi connectivity index (χ4v) is 2.02. The Bertz CT molecular complexity index is 545. The summed E-state index contributed by atoms with van der Waals surface area (Å²) in [4.78, 5) is 0. The molecule has 0 radical (unpaired) electrons. The Labute approximate surface area is 99.2 Å². The third kappa shape index (κ3) is 1.63. The third-order valence-corrected chi connectivity index (χ3v) is 3.01. The van der Waals surface area contributed by atoms with Crippen LogP contribution in [0.25, 0.3) is 5.69 Å². The summed E-state index contributed by atoms with van der Waals surface area (Å²) in [6, 6.07) is 7.74. The average molecular weight is 230 g/mol. The van der Waals surface area contributed by atoms with Crippen molar-refractivity contribution in [2.45, 2.75) is 18.8 Å². The number of anilines is 1. The predicted molar refractivity (Wildman–Crippen MR) is 64.3 cm³/mol. The number of nitrogen functional groups attached to an aromatic ring is 1. The molecule has 0 atom stereocenters.